The van der Waals surface area contributed by atoms with Crippen LogP contribution in [-0.2, 0) is 4.79 Å². The number of hydrogen-bond donors (Lipinski definition) is 0. The molecule has 1 heteroatoms. The lowest BCUT2D eigenvalue weighted by atomic mass is 10.1. The Morgan fingerprint density at radius 1 is 1.50 bits per heavy atom. The maximum absolute atomic E-state index is 10.7. The Kier molecular flexibility index (Phi) is 10.2. The second-order valence-electron chi connectivity index (χ2n) is 2.47. The van der Waals surface area contributed by atoms with Crippen molar-refractivity contribution in [2.45, 2.75) is 27.2 Å². The van der Waals surface area contributed by atoms with E-state index in [1.54, 1.807) is 12.2 Å². The fourth-order valence-corrected chi connectivity index (χ4v) is 0.735. The van der Waals surface area contributed by atoms with Gasteiger partial charge in [-0.2, -0.15) is 0 Å². The van der Waals surface area contributed by atoms with Gasteiger partial charge in [-0.1, -0.05) is 39.0 Å². The maximum atomic E-state index is 10.7. The van der Waals surface area contributed by atoms with E-state index in [0.29, 0.717) is 12.0 Å². The van der Waals surface area contributed by atoms with Crippen molar-refractivity contribution in [1.82, 2.24) is 0 Å². The van der Waals surface area contributed by atoms with Gasteiger partial charge < -0.3 is 0 Å². The van der Waals surface area contributed by atoms with Crippen LogP contribution in [0.2, 0.25) is 0 Å². The van der Waals surface area contributed by atoms with Crippen molar-refractivity contribution in [3.05, 3.63) is 36.5 Å². The molecule has 1 nitrogen and oxygen atoms in total. The standard InChI is InChI=1S/C11H12O.C2H6/c1-5-9(3)7-11(6-2)8-10(4)12;1-2/h1,6-7H,2-3,8H2,4H3;1-2H3/b11-7+;. The molecule has 0 aliphatic rings. The van der Waals surface area contributed by atoms with Gasteiger partial charge in [-0.05, 0) is 18.6 Å². The number of rotatable bonds is 4. The lowest BCUT2D eigenvalue weighted by Crippen LogP contribution is -1.91. The SMILES string of the molecule is C#CC(=C)/C=C(\C=C)CC(C)=O.CC. The van der Waals surface area contributed by atoms with Crippen LogP contribution in [0.5, 0.6) is 0 Å². The van der Waals surface area contributed by atoms with Crippen molar-refractivity contribution in [3.63, 3.8) is 0 Å². The van der Waals surface area contributed by atoms with Crippen LogP contribution in [0.25, 0.3) is 0 Å². The molecular formula is C13H18O. The molecule has 0 heterocycles. The highest BCUT2D eigenvalue weighted by Crippen LogP contribution is 2.06. The van der Waals surface area contributed by atoms with Gasteiger partial charge in [0, 0.05) is 12.0 Å². The fraction of sp³-hybridized carbons (Fsp3) is 0.308. The van der Waals surface area contributed by atoms with Gasteiger partial charge in [-0.3, -0.25) is 4.79 Å². The van der Waals surface area contributed by atoms with Gasteiger partial charge in [0.15, 0.2) is 0 Å². The van der Waals surface area contributed by atoms with Crippen molar-refractivity contribution in [3.8, 4) is 12.3 Å². The second kappa shape index (κ2) is 9.54. The molecule has 0 atom stereocenters. The summed E-state index contributed by atoms with van der Waals surface area (Å²) in [6.07, 6.45) is 8.76. The molecule has 0 fully saturated rings. The van der Waals surface area contributed by atoms with Gasteiger partial charge in [0.2, 0.25) is 0 Å². The van der Waals surface area contributed by atoms with Crippen molar-refractivity contribution in [2.75, 3.05) is 0 Å². The summed E-state index contributed by atoms with van der Waals surface area (Å²) in [4.78, 5) is 10.7. The third kappa shape index (κ3) is 8.55. The van der Waals surface area contributed by atoms with E-state index < -0.39 is 0 Å². The summed E-state index contributed by atoms with van der Waals surface area (Å²) in [6, 6.07) is 0. The molecule has 0 aromatic carbocycles. The molecule has 0 aliphatic carbocycles. The minimum atomic E-state index is 0.0889. The van der Waals surface area contributed by atoms with Gasteiger partial charge in [0.1, 0.15) is 5.78 Å². The molecule has 14 heavy (non-hydrogen) atoms. The molecule has 0 N–H and O–H groups in total. The van der Waals surface area contributed by atoms with Crippen LogP contribution in [0.4, 0.5) is 0 Å². The van der Waals surface area contributed by atoms with Crippen molar-refractivity contribution >= 4 is 5.78 Å². The van der Waals surface area contributed by atoms with Crippen molar-refractivity contribution in [2.24, 2.45) is 0 Å². The van der Waals surface area contributed by atoms with Crippen LogP contribution in [0.15, 0.2) is 36.5 Å². The number of carbonyl (C=O) groups is 1. The van der Waals surface area contributed by atoms with E-state index in [9.17, 15) is 4.79 Å². The number of carbonyl (C=O) groups excluding carboxylic acids is 1. The Labute approximate surface area is 87.2 Å². The third-order valence-corrected chi connectivity index (χ3v) is 1.26. The zero-order valence-corrected chi connectivity index (χ0v) is 9.26. The topological polar surface area (TPSA) is 17.1 Å². The van der Waals surface area contributed by atoms with Gasteiger partial charge >= 0.3 is 0 Å². The quantitative estimate of drug-likeness (QED) is 0.491. The first kappa shape index (κ1) is 14.9. The number of allylic oxidation sites excluding steroid dienone is 4. The molecule has 0 bridgehead atoms. The Morgan fingerprint density at radius 3 is 2.29 bits per heavy atom. The molecule has 0 unspecified atom stereocenters. The Balaban J connectivity index is 0. The van der Waals surface area contributed by atoms with Crippen molar-refractivity contribution in [1.29, 1.82) is 0 Å². The molecule has 0 aromatic heterocycles. The predicted molar refractivity (Wildman–Crippen MR) is 62.9 cm³/mol. The molecule has 76 valence electrons. The molecule has 0 amide bonds. The van der Waals surface area contributed by atoms with E-state index in [0.717, 1.165) is 5.57 Å². The molecule has 0 radical (unpaired) electrons. The van der Waals surface area contributed by atoms with E-state index in [2.05, 4.69) is 19.1 Å². The first-order valence-electron chi connectivity index (χ1n) is 4.58. The molecule has 0 saturated carbocycles. The van der Waals surface area contributed by atoms with Crippen LogP contribution < -0.4 is 0 Å². The molecule has 0 saturated heterocycles. The zero-order valence-electron chi connectivity index (χ0n) is 9.26. The summed E-state index contributed by atoms with van der Waals surface area (Å²) in [7, 11) is 0. The highest BCUT2D eigenvalue weighted by atomic mass is 16.1. The van der Waals surface area contributed by atoms with Gasteiger partial charge in [-0.15, -0.1) is 6.42 Å². The molecule has 0 rings (SSSR count). The Morgan fingerprint density at radius 2 is 2.00 bits per heavy atom. The summed E-state index contributed by atoms with van der Waals surface area (Å²) in [6.45, 7) is 12.7. The highest BCUT2D eigenvalue weighted by Gasteiger charge is 1.96. The minimum absolute atomic E-state index is 0.0889. The maximum Gasteiger partial charge on any atom is 0.134 e. The van der Waals surface area contributed by atoms with E-state index in [4.69, 9.17) is 6.42 Å². The fourth-order valence-electron chi connectivity index (χ4n) is 0.735. The number of hydrogen-bond acceptors (Lipinski definition) is 1. The summed E-state index contributed by atoms with van der Waals surface area (Å²) < 4.78 is 0. The summed E-state index contributed by atoms with van der Waals surface area (Å²) in [5.41, 5.74) is 1.37. The van der Waals surface area contributed by atoms with Crippen LogP contribution in [0, 0.1) is 12.3 Å². The Bertz CT molecular complexity index is 274. The first-order chi connectivity index (χ1) is 6.60. The van der Waals surface area contributed by atoms with E-state index in [-0.39, 0.29) is 5.78 Å². The minimum Gasteiger partial charge on any atom is -0.300 e. The third-order valence-electron chi connectivity index (χ3n) is 1.26. The molecule has 0 aliphatic heterocycles. The average Bonchev–Trinajstić information content (AvgIpc) is 2.19. The largest absolute Gasteiger partial charge is 0.300 e. The second-order valence-corrected chi connectivity index (χ2v) is 2.47. The number of Topliss-reactive ketones (excluding diaryl/α,β-unsaturated/α-hetero) is 1. The lowest BCUT2D eigenvalue weighted by molar-refractivity contribution is -0.116. The lowest BCUT2D eigenvalue weighted by Gasteiger charge is -1.96. The van der Waals surface area contributed by atoms with Gasteiger partial charge in [0.05, 0.1) is 0 Å². The van der Waals surface area contributed by atoms with E-state index in [1.807, 2.05) is 13.8 Å². The normalized spacial score (nSPS) is 9.14. The first-order valence-corrected chi connectivity index (χ1v) is 4.58. The van der Waals surface area contributed by atoms with Crippen LogP contribution >= 0.6 is 0 Å². The van der Waals surface area contributed by atoms with Crippen LogP contribution in [0.3, 0.4) is 0 Å². The van der Waals surface area contributed by atoms with E-state index >= 15 is 0 Å². The number of ketones is 1. The molecule has 0 aromatic rings. The van der Waals surface area contributed by atoms with Crippen LogP contribution in [0.1, 0.15) is 27.2 Å². The van der Waals surface area contributed by atoms with Crippen LogP contribution in [-0.4, -0.2) is 5.78 Å². The zero-order chi connectivity index (χ0) is 11.6. The number of terminal acetylenes is 1. The highest BCUT2D eigenvalue weighted by molar-refractivity contribution is 5.79. The van der Waals surface area contributed by atoms with Gasteiger partial charge in [0.25, 0.3) is 0 Å². The summed E-state index contributed by atoms with van der Waals surface area (Å²) >= 11 is 0. The van der Waals surface area contributed by atoms with E-state index in [1.165, 1.54) is 6.92 Å². The van der Waals surface area contributed by atoms with Crippen molar-refractivity contribution < 1.29 is 4.79 Å². The molecule has 0 spiro atoms. The Hall–Kier alpha value is -1.55. The molecular weight excluding hydrogens is 172 g/mol. The summed E-state index contributed by atoms with van der Waals surface area (Å²) in [5.74, 6) is 2.46. The van der Waals surface area contributed by atoms with Gasteiger partial charge in [-0.25, -0.2) is 0 Å². The smallest absolute Gasteiger partial charge is 0.134 e. The average molecular weight is 190 g/mol. The monoisotopic (exact) mass is 190 g/mol. The predicted octanol–water partition coefficient (Wildman–Crippen LogP) is 3.29. The summed E-state index contributed by atoms with van der Waals surface area (Å²) in [5, 5.41) is 0.